The molecule has 0 unspecified atom stereocenters. The minimum Gasteiger partial charge on any atom is -0.348 e. The first kappa shape index (κ1) is 9.45. The van der Waals surface area contributed by atoms with Gasteiger partial charge in [-0.25, -0.2) is 0 Å². The molecular formula is C10H11NO2. The van der Waals surface area contributed by atoms with Gasteiger partial charge in [-0.3, -0.25) is 9.59 Å². The molecule has 0 aromatic carbocycles. The maximum Gasteiger partial charge on any atom is 0.166 e. The first-order valence-corrected chi connectivity index (χ1v) is 3.93. The van der Waals surface area contributed by atoms with Gasteiger partial charge in [0.25, 0.3) is 0 Å². The topological polar surface area (TPSA) is 39.1 Å². The molecule has 0 amide bonds. The van der Waals surface area contributed by atoms with Crippen molar-refractivity contribution >= 4 is 18.1 Å². The van der Waals surface area contributed by atoms with E-state index < -0.39 is 0 Å². The van der Waals surface area contributed by atoms with Crippen LogP contribution in [0.4, 0.5) is 0 Å². The van der Waals surface area contributed by atoms with Gasteiger partial charge in [0.1, 0.15) is 0 Å². The highest BCUT2D eigenvalue weighted by Gasteiger charge is 1.98. The first-order valence-electron chi connectivity index (χ1n) is 3.93. The summed E-state index contributed by atoms with van der Waals surface area (Å²) in [5.74, 6) is -0.00324. The van der Waals surface area contributed by atoms with E-state index in [-0.39, 0.29) is 5.78 Å². The zero-order valence-corrected chi connectivity index (χ0v) is 7.65. The van der Waals surface area contributed by atoms with Gasteiger partial charge in [-0.05, 0) is 30.7 Å². The second-order valence-electron chi connectivity index (χ2n) is 2.87. The maximum atomic E-state index is 10.6. The third-order valence-corrected chi connectivity index (χ3v) is 1.70. The van der Waals surface area contributed by atoms with Gasteiger partial charge >= 0.3 is 0 Å². The Hall–Kier alpha value is -1.64. The van der Waals surface area contributed by atoms with E-state index in [1.807, 2.05) is 0 Å². The average Bonchev–Trinajstić information content (AvgIpc) is 2.43. The fraction of sp³-hybridized carbons (Fsp3) is 0.200. The number of ketones is 1. The lowest BCUT2D eigenvalue weighted by Crippen LogP contribution is -1.90. The fourth-order valence-corrected chi connectivity index (χ4v) is 1.03. The van der Waals surface area contributed by atoms with Crippen LogP contribution in [-0.4, -0.2) is 16.6 Å². The van der Waals surface area contributed by atoms with Crippen molar-refractivity contribution in [3.8, 4) is 0 Å². The SMILES string of the molecule is CC(=O)/C=C/c1cc(C=O)n(C)c1. The number of aldehydes is 1. The van der Waals surface area contributed by atoms with Crippen molar-refractivity contribution in [1.29, 1.82) is 0 Å². The minimum atomic E-state index is -0.00324. The molecule has 0 radical (unpaired) electrons. The second kappa shape index (κ2) is 3.85. The van der Waals surface area contributed by atoms with Crippen LogP contribution in [0.15, 0.2) is 18.3 Å². The summed E-state index contributed by atoms with van der Waals surface area (Å²) in [6, 6.07) is 1.73. The molecule has 13 heavy (non-hydrogen) atoms. The van der Waals surface area contributed by atoms with Crippen molar-refractivity contribution in [1.82, 2.24) is 4.57 Å². The number of carbonyl (C=O) groups excluding carboxylic acids is 2. The Balaban J connectivity index is 2.91. The van der Waals surface area contributed by atoms with Gasteiger partial charge < -0.3 is 4.57 Å². The number of rotatable bonds is 3. The summed E-state index contributed by atoms with van der Waals surface area (Å²) in [6.45, 7) is 1.49. The van der Waals surface area contributed by atoms with Crippen LogP contribution in [0.25, 0.3) is 6.08 Å². The lowest BCUT2D eigenvalue weighted by Gasteiger charge is -1.89. The zero-order valence-electron chi connectivity index (χ0n) is 7.65. The van der Waals surface area contributed by atoms with Gasteiger partial charge in [-0.2, -0.15) is 0 Å². The van der Waals surface area contributed by atoms with Crippen LogP contribution in [0.2, 0.25) is 0 Å². The average molecular weight is 177 g/mol. The molecular weight excluding hydrogens is 166 g/mol. The molecule has 0 saturated heterocycles. The Kier molecular flexibility index (Phi) is 2.80. The highest BCUT2D eigenvalue weighted by atomic mass is 16.1. The van der Waals surface area contributed by atoms with Crippen LogP contribution in [-0.2, 0) is 11.8 Å². The Morgan fingerprint density at radius 3 is 2.69 bits per heavy atom. The highest BCUT2D eigenvalue weighted by Crippen LogP contribution is 2.06. The van der Waals surface area contributed by atoms with Crippen LogP contribution in [0, 0.1) is 0 Å². The molecule has 1 rings (SSSR count). The summed E-state index contributed by atoms with van der Waals surface area (Å²) in [4.78, 5) is 21.1. The van der Waals surface area contributed by atoms with Gasteiger partial charge in [-0.15, -0.1) is 0 Å². The smallest absolute Gasteiger partial charge is 0.166 e. The molecule has 0 aliphatic rings. The van der Waals surface area contributed by atoms with Crippen molar-refractivity contribution in [3.05, 3.63) is 29.6 Å². The van der Waals surface area contributed by atoms with Crippen molar-refractivity contribution in [2.24, 2.45) is 7.05 Å². The van der Waals surface area contributed by atoms with Crippen LogP contribution in [0.1, 0.15) is 23.0 Å². The van der Waals surface area contributed by atoms with Crippen LogP contribution >= 0.6 is 0 Å². The van der Waals surface area contributed by atoms with E-state index in [9.17, 15) is 9.59 Å². The predicted octanol–water partition coefficient (Wildman–Crippen LogP) is 1.44. The third-order valence-electron chi connectivity index (χ3n) is 1.70. The van der Waals surface area contributed by atoms with E-state index in [0.717, 1.165) is 11.8 Å². The first-order chi connectivity index (χ1) is 6.13. The Morgan fingerprint density at radius 1 is 1.54 bits per heavy atom. The van der Waals surface area contributed by atoms with E-state index in [2.05, 4.69) is 0 Å². The number of nitrogens with zero attached hydrogens (tertiary/aromatic N) is 1. The van der Waals surface area contributed by atoms with E-state index in [4.69, 9.17) is 0 Å². The fourth-order valence-electron chi connectivity index (χ4n) is 1.03. The Labute approximate surface area is 76.7 Å². The molecule has 0 N–H and O–H groups in total. The maximum absolute atomic E-state index is 10.6. The van der Waals surface area contributed by atoms with Gasteiger partial charge in [0, 0.05) is 13.2 Å². The van der Waals surface area contributed by atoms with Crippen molar-refractivity contribution in [2.45, 2.75) is 6.92 Å². The molecule has 1 aromatic heterocycles. The lowest BCUT2D eigenvalue weighted by molar-refractivity contribution is -0.112. The molecule has 0 aliphatic heterocycles. The molecule has 68 valence electrons. The standard InChI is InChI=1S/C10H11NO2/c1-8(13)3-4-9-5-10(7-12)11(2)6-9/h3-7H,1-2H3/b4-3+. The monoisotopic (exact) mass is 177 g/mol. The van der Waals surface area contributed by atoms with E-state index >= 15 is 0 Å². The summed E-state index contributed by atoms with van der Waals surface area (Å²) in [6.07, 6.45) is 5.74. The summed E-state index contributed by atoms with van der Waals surface area (Å²) in [5, 5.41) is 0. The Morgan fingerprint density at radius 2 is 2.23 bits per heavy atom. The summed E-state index contributed by atoms with van der Waals surface area (Å²) in [5.41, 5.74) is 1.46. The zero-order chi connectivity index (χ0) is 9.84. The number of hydrogen-bond donors (Lipinski definition) is 0. The van der Waals surface area contributed by atoms with E-state index in [1.165, 1.54) is 13.0 Å². The largest absolute Gasteiger partial charge is 0.348 e. The molecule has 0 atom stereocenters. The third kappa shape index (κ3) is 2.40. The minimum absolute atomic E-state index is 0.00324. The van der Waals surface area contributed by atoms with Gasteiger partial charge in [0.15, 0.2) is 12.1 Å². The lowest BCUT2D eigenvalue weighted by atomic mass is 10.2. The molecule has 0 fully saturated rings. The number of aromatic nitrogens is 1. The number of allylic oxidation sites excluding steroid dienone is 1. The van der Waals surface area contributed by atoms with Crippen molar-refractivity contribution in [3.63, 3.8) is 0 Å². The summed E-state index contributed by atoms with van der Waals surface area (Å²) < 4.78 is 1.72. The normalized spacial score (nSPS) is 10.6. The highest BCUT2D eigenvalue weighted by molar-refractivity contribution is 5.91. The summed E-state index contributed by atoms with van der Waals surface area (Å²) >= 11 is 0. The molecule has 3 nitrogen and oxygen atoms in total. The van der Waals surface area contributed by atoms with Crippen molar-refractivity contribution in [2.75, 3.05) is 0 Å². The van der Waals surface area contributed by atoms with Crippen molar-refractivity contribution < 1.29 is 9.59 Å². The number of carbonyl (C=O) groups is 2. The summed E-state index contributed by atoms with van der Waals surface area (Å²) in [7, 11) is 1.79. The molecule has 1 heterocycles. The number of hydrogen-bond acceptors (Lipinski definition) is 2. The Bertz CT molecular complexity index is 361. The quantitative estimate of drug-likeness (QED) is 0.517. The predicted molar refractivity (Wildman–Crippen MR) is 50.5 cm³/mol. The van der Waals surface area contributed by atoms with E-state index in [0.29, 0.717) is 5.69 Å². The molecule has 0 saturated carbocycles. The molecule has 0 bridgehead atoms. The van der Waals surface area contributed by atoms with Crippen LogP contribution in [0.3, 0.4) is 0 Å². The molecule has 1 aromatic rings. The van der Waals surface area contributed by atoms with Gasteiger partial charge in [0.05, 0.1) is 5.69 Å². The second-order valence-corrected chi connectivity index (χ2v) is 2.87. The van der Waals surface area contributed by atoms with E-state index in [1.54, 1.807) is 30.0 Å². The molecule has 0 aliphatic carbocycles. The number of aryl methyl sites for hydroxylation is 1. The molecule has 0 spiro atoms. The van der Waals surface area contributed by atoms with Gasteiger partial charge in [0.2, 0.25) is 0 Å². The van der Waals surface area contributed by atoms with Crippen LogP contribution < -0.4 is 0 Å². The van der Waals surface area contributed by atoms with Crippen LogP contribution in [0.5, 0.6) is 0 Å². The molecule has 3 heteroatoms. The van der Waals surface area contributed by atoms with Gasteiger partial charge in [-0.1, -0.05) is 0 Å².